The maximum Gasteiger partial charge on any atom is 0.189 e. The molecule has 0 radical (unpaired) electrons. The topological polar surface area (TPSA) is 117 Å². The minimum absolute atomic E-state index is 0.0395. The quantitative estimate of drug-likeness (QED) is 0.731. The Hall–Kier alpha value is -3.34. The Labute approximate surface area is 183 Å². The highest BCUT2D eigenvalue weighted by atomic mass is 16.5. The zero-order chi connectivity index (χ0) is 22.8. The van der Waals surface area contributed by atoms with Crippen LogP contribution in [0.3, 0.4) is 0 Å². The average Bonchev–Trinajstić information content (AvgIpc) is 2.78. The van der Waals surface area contributed by atoms with E-state index in [-0.39, 0.29) is 17.7 Å². The van der Waals surface area contributed by atoms with E-state index in [2.05, 4.69) is 30.0 Å². The summed E-state index contributed by atoms with van der Waals surface area (Å²) in [5.41, 5.74) is -0.306. The van der Waals surface area contributed by atoms with Gasteiger partial charge in [-0.15, -0.1) is 0 Å². The molecule has 1 aromatic carbocycles. The van der Waals surface area contributed by atoms with E-state index in [9.17, 15) is 15.8 Å². The van der Waals surface area contributed by atoms with Crippen LogP contribution < -0.4 is 9.47 Å². The lowest BCUT2D eigenvalue weighted by Crippen LogP contribution is -2.52. The van der Waals surface area contributed by atoms with Gasteiger partial charge in [0.2, 0.25) is 0 Å². The summed E-state index contributed by atoms with van der Waals surface area (Å²) in [6.07, 6.45) is 1.96. The van der Waals surface area contributed by atoms with Crippen molar-refractivity contribution >= 4 is 5.71 Å². The fourth-order valence-corrected chi connectivity index (χ4v) is 4.73. The van der Waals surface area contributed by atoms with Crippen LogP contribution in [0.5, 0.6) is 11.5 Å². The van der Waals surface area contributed by atoms with Crippen molar-refractivity contribution in [2.24, 2.45) is 17.3 Å². The van der Waals surface area contributed by atoms with Crippen LogP contribution in [-0.2, 0) is 0 Å². The van der Waals surface area contributed by atoms with Gasteiger partial charge >= 0.3 is 0 Å². The monoisotopic (exact) mass is 417 g/mol. The van der Waals surface area contributed by atoms with Crippen molar-refractivity contribution in [2.45, 2.75) is 32.8 Å². The summed E-state index contributed by atoms with van der Waals surface area (Å²) in [5.74, 6) is -0.588. The van der Waals surface area contributed by atoms with E-state index in [1.807, 2.05) is 26.0 Å². The van der Waals surface area contributed by atoms with Gasteiger partial charge in [0.1, 0.15) is 5.92 Å². The first-order chi connectivity index (χ1) is 14.9. The molecule has 1 saturated carbocycles. The Morgan fingerprint density at radius 2 is 1.94 bits per heavy atom. The minimum atomic E-state index is -1.73. The zero-order valence-electron chi connectivity index (χ0n) is 18.3. The number of nitrogens with zero attached hydrogens (tertiary/aromatic N) is 4. The normalized spacial score (nSPS) is 24.9. The molecule has 1 fully saturated rings. The fourth-order valence-electron chi connectivity index (χ4n) is 4.73. The summed E-state index contributed by atoms with van der Waals surface area (Å²) in [4.78, 5) is 2.22. The van der Waals surface area contributed by atoms with E-state index < -0.39 is 17.3 Å². The van der Waals surface area contributed by atoms with Crippen molar-refractivity contribution in [3.8, 4) is 29.7 Å². The number of nitriles is 3. The second-order valence-corrected chi connectivity index (χ2v) is 8.22. The minimum Gasteiger partial charge on any atom is -0.493 e. The van der Waals surface area contributed by atoms with Crippen LogP contribution in [-0.4, -0.2) is 43.5 Å². The van der Waals surface area contributed by atoms with Gasteiger partial charge in [0.25, 0.3) is 0 Å². The molecule has 1 N–H and O–H groups in total. The molecule has 1 aromatic rings. The molecule has 0 saturated heterocycles. The molecule has 0 bridgehead atoms. The SMILES string of the molecule is CCN1CC=C2C(C#N)C(=N)C(C#N)(C#N)[C@H](c3ccc(OC(C)C)c(OC)c3)[C@@H]2C1. The number of hydrogen-bond acceptors (Lipinski definition) is 7. The third-order valence-electron chi connectivity index (χ3n) is 6.22. The molecular formula is C24H27N5O2. The molecule has 3 rings (SSSR count). The first-order valence-electron chi connectivity index (χ1n) is 10.4. The van der Waals surface area contributed by atoms with Crippen LogP contribution in [0.2, 0.25) is 0 Å². The van der Waals surface area contributed by atoms with Crippen LogP contribution in [0.4, 0.5) is 0 Å². The predicted octanol–water partition coefficient (Wildman–Crippen LogP) is 3.65. The number of rotatable bonds is 5. The van der Waals surface area contributed by atoms with E-state index in [1.54, 1.807) is 19.2 Å². The highest BCUT2D eigenvalue weighted by Gasteiger charge is 2.57. The van der Waals surface area contributed by atoms with E-state index in [1.165, 1.54) is 0 Å². The van der Waals surface area contributed by atoms with Crippen molar-refractivity contribution in [3.63, 3.8) is 0 Å². The van der Waals surface area contributed by atoms with Crippen LogP contribution in [0.1, 0.15) is 32.3 Å². The first kappa shape index (κ1) is 22.3. The van der Waals surface area contributed by atoms with E-state index in [4.69, 9.17) is 14.9 Å². The van der Waals surface area contributed by atoms with Gasteiger partial charge in [0, 0.05) is 24.9 Å². The van der Waals surface area contributed by atoms with Crippen molar-refractivity contribution in [1.29, 1.82) is 21.2 Å². The van der Waals surface area contributed by atoms with Gasteiger partial charge in [-0.2, -0.15) is 15.8 Å². The molecule has 7 nitrogen and oxygen atoms in total. The van der Waals surface area contributed by atoms with Gasteiger partial charge in [0.15, 0.2) is 16.9 Å². The third-order valence-corrected chi connectivity index (χ3v) is 6.22. The molecule has 7 heteroatoms. The lowest BCUT2D eigenvalue weighted by atomic mass is 9.54. The summed E-state index contributed by atoms with van der Waals surface area (Å²) in [7, 11) is 1.55. The van der Waals surface area contributed by atoms with Gasteiger partial charge < -0.3 is 14.9 Å². The highest BCUT2D eigenvalue weighted by Crippen LogP contribution is 2.54. The molecule has 160 valence electrons. The summed E-state index contributed by atoms with van der Waals surface area (Å²) in [6.45, 7) is 8.04. The van der Waals surface area contributed by atoms with Gasteiger partial charge in [0.05, 0.1) is 37.1 Å². The van der Waals surface area contributed by atoms with E-state index >= 15 is 0 Å². The summed E-state index contributed by atoms with van der Waals surface area (Å²) >= 11 is 0. The Bertz CT molecular complexity index is 1010. The molecule has 1 heterocycles. The Morgan fingerprint density at radius 3 is 2.48 bits per heavy atom. The third kappa shape index (κ3) is 3.65. The van der Waals surface area contributed by atoms with Crippen molar-refractivity contribution in [1.82, 2.24) is 4.90 Å². The molecule has 3 atom stereocenters. The second-order valence-electron chi connectivity index (χ2n) is 8.22. The number of nitrogens with one attached hydrogen (secondary N) is 1. The molecule has 1 unspecified atom stereocenters. The van der Waals surface area contributed by atoms with Crippen molar-refractivity contribution < 1.29 is 9.47 Å². The molecule has 1 aliphatic heterocycles. The Morgan fingerprint density at radius 1 is 1.23 bits per heavy atom. The number of hydrogen-bond donors (Lipinski definition) is 1. The first-order valence-corrected chi connectivity index (χ1v) is 10.4. The van der Waals surface area contributed by atoms with Crippen LogP contribution in [0, 0.1) is 56.7 Å². The maximum atomic E-state index is 10.2. The molecular weight excluding hydrogens is 390 g/mol. The maximum absolute atomic E-state index is 10.2. The number of benzene rings is 1. The van der Waals surface area contributed by atoms with Gasteiger partial charge in [-0.05, 0) is 43.7 Å². The smallest absolute Gasteiger partial charge is 0.189 e. The van der Waals surface area contributed by atoms with Crippen LogP contribution in [0.15, 0.2) is 29.8 Å². The molecule has 31 heavy (non-hydrogen) atoms. The van der Waals surface area contributed by atoms with E-state index in [0.29, 0.717) is 24.6 Å². The fraction of sp³-hybridized carbons (Fsp3) is 0.500. The lowest BCUT2D eigenvalue weighted by Gasteiger charge is -2.47. The summed E-state index contributed by atoms with van der Waals surface area (Å²) < 4.78 is 11.4. The number of ether oxygens (including phenoxy) is 2. The van der Waals surface area contributed by atoms with Crippen molar-refractivity contribution in [2.75, 3.05) is 26.7 Å². The lowest BCUT2D eigenvalue weighted by molar-refractivity contribution is 0.210. The largest absolute Gasteiger partial charge is 0.493 e. The van der Waals surface area contributed by atoms with E-state index in [0.717, 1.165) is 17.7 Å². The Balaban J connectivity index is 2.22. The molecule has 0 amide bonds. The average molecular weight is 418 g/mol. The second kappa shape index (κ2) is 8.80. The Kier molecular flexibility index (Phi) is 6.34. The summed E-state index contributed by atoms with van der Waals surface area (Å²) in [5, 5.41) is 38.8. The highest BCUT2D eigenvalue weighted by molar-refractivity contribution is 6.00. The summed E-state index contributed by atoms with van der Waals surface area (Å²) in [6, 6.07) is 11.9. The molecule has 0 spiro atoms. The van der Waals surface area contributed by atoms with Crippen LogP contribution >= 0.6 is 0 Å². The number of fused-ring (bicyclic) bond motifs is 1. The van der Waals surface area contributed by atoms with Gasteiger partial charge in [-0.25, -0.2) is 0 Å². The predicted molar refractivity (Wildman–Crippen MR) is 116 cm³/mol. The number of likely N-dealkylation sites (N-methyl/N-ethyl adjacent to an activating group) is 1. The zero-order valence-corrected chi connectivity index (χ0v) is 18.3. The van der Waals surface area contributed by atoms with Gasteiger partial charge in [-0.1, -0.05) is 19.1 Å². The van der Waals surface area contributed by atoms with Crippen molar-refractivity contribution in [3.05, 3.63) is 35.4 Å². The molecule has 0 aromatic heterocycles. The molecule has 2 aliphatic rings. The van der Waals surface area contributed by atoms with Gasteiger partial charge in [-0.3, -0.25) is 4.90 Å². The number of methoxy groups -OCH3 is 1. The van der Waals surface area contributed by atoms with Crippen LogP contribution in [0.25, 0.3) is 0 Å². The standard InChI is InChI=1S/C24H27N5O2/c1-5-29-9-8-17-18(11-25)23(28)24(13-26,14-27)22(19(17)12-29)16-6-7-20(31-15(2)3)21(10-16)30-4/h6-8,10,15,18-19,22,28H,5,9,12H2,1-4H3/t18?,19-,22-/m1/s1. The molecule has 1 aliphatic carbocycles.